The summed E-state index contributed by atoms with van der Waals surface area (Å²) in [6.45, 7) is 3.02. The Morgan fingerprint density at radius 3 is 2.31 bits per heavy atom. The van der Waals surface area contributed by atoms with E-state index in [1.54, 1.807) is 24.5 Å². The number of rotatable bonds is 6. The summed E-state index contributed by atoms with van der Waals surface area (Å²) in [5.74, 6) is 0.811. The molecule has 26 heavy (non-hydrogen) atoms. The van der Waals surface area contributed by atoms with Crippen LogP contribution in [0.1, 0.15) is 5.56 Å². The van der Waals surface area contributed by atoms with Crippen LogP contribution in [0.2, 0.25) is 0 Å². The molecule has 8 heteroatoms. The molecule has 1 aliphatic rings. The zero-order valence-corrected chi connectivity index (χ0v) is 15.8. The van der Waals surface area contributed by atoms with Crippen LogP contribution in [0, 0.1) is 0 Å². The molecule has 2 aromatic rings. The van der Waals surface area contributed by atoms with Gasteiger partial charge >= 0.3 is 0 Å². The molecule has 0 atom stereocenters. The molecule has 0 saturated carbocycles. The number of nitrogens with zero attached hydrogens (tertiary/aromatic N) is 3. The van der Waals surface area contributed by atoms with Gasteiger partial charge in [0.1, 0.15) is 16.4 Å². The smallest absolute Gasteiger partial charge is 0.246 e. The largest absolute Gasteiger partial charge is 0.497 e. The lowest BCUT2D eigenvalue weighted by Gasteiger charge is -2.34. The van der Waals surface area contributed by atoms with E-state index in [-0.39, 0.29) is 4.90 Å². The first-order chi connectivity index (χ1) is 12.5. The molecule has 0 aliphatic carbocycles. The lowest BCUT2D eigenvalue weighted by atomic mass is 10.2. The van der Waals surface area contributed by atoms with Crippen molar-refractivity contribution in [3.63, 3.8) is 0 Å². The Bertz CT molecular complexity index is 835. The van der Waals surface area contributed by atoms with Gasteiger partial charge in [0.25, 0.3) is 0 Å². The van der Waals surface area contributed by atoms with Crippen LogP contribution in [0.25, 0.3) is 0 Å². The van der Waals surface area contributed by atoms with E-state index in [9.17, 15) is 8.42 Å². The van der Waals surface area contributed by atoms with E-state index in [1.807, 2.05) is 12.1 Å². The SMILES string of the molecule is COc1ccc(OC)c(S(=O)(=O)N2CCN(Cc3ccncc3)CC2)c1. The fourth-order valence-electron chi connectivity index (χ4n) is 3.00. The van der Waals surface area contributed by atoms with Crippen molar-refractivity contribution in [3.8, 4) is 11.5 Å². The highest BCUT2D eigenvalue weighted by molar-refractivity contribution is 7.89. The Morgan fingerprint density at radius 1 is 1.00 bits per heavy atom. The second-order valence-electron chi connectivity index (χ2n) is 6.05. The highest BCUT2D eigenvalue weighted by Crippen LogP contribution is 2.31. The summed E-state index contributed by atoms with van der Waals surface area (Å²) in [5, 5.41) is 0. The Hall–Kier alpha value is -2.16. The molecule has 0 amide bonds. The highest BCUT2D eigenvalue weighted by atomic mass is 32.2. The highest BCUT2D eigenvalue weighted by Gasteiger charge is 2.31. The summed E-state index contributed by atoms with van der Waals surface area (Å²) in [4.78, 5) is 6.40. The maximum atomic E-state index is 13.1. The van der Waals surface area contributed by atoms with Gasteiger partial charge in [-0.25, -0.2) is 8.42 Å². The second-order valence-corrected chi connectivity index (χ2v) is 7.96. The number of hydrogen-bond acceptors (Lipinski definition) is 6. The zero-order chi connectivity index (χ0) is 18.6. The van der Waals surface area contributed by atoms with Crippen molar-refractivity contribution in [2.24, 2.45) is 0 Å². The van der Waals surface area contributed by atoms with Gasteiger partial charge in [-0.3, -0.25) is 9.88 Å². The van der Waals surface area contributed by atoms with Gasteiger partial charge in [0.05, 0.1) is 14.2 Å². The number of aromatic nitrogens is 1. The van der Waals surface area contributed by atoms with Gasteiger partial charge in [-0.15, -0.1) is 0 Å². The molecule has 2 heterocycles. The van der Waals surface area contributed by atoms with Crippen molar-refractivity contribution in [3.05, 3.63) is 48.3 Å². The minimum absolute atomic E-state index is 0.141. The standard InChI is InChI=1S/C18H23N3O4S/c1-24-16-3-4-17(25-2)18(13-16)26(22,23)21-11-9-20(10-12-21)14-15-5-7-19-8-6-15/h3-8,13H,9-12,14H2,1-2H3. The Morgan fingerprint density at radius 2 is 1.69 bits per heavy atom. The third-order valence-corrected chi connectivity index (χ3v) is 6.40. The average Bonchev–Trinajstić information content (AvgIpc) is 2.68. The Kier molecular flexibility index (Phi) is 5.75. The van der Waals surface area contributed by atoms with Crippen LogP contribution in [-0.2, 0) is 16.6 Å². The summed E-state index contributed by atoms with van der Waals surface area (Å²) < 4.78 is 38.0. The maximum absolute atomic E-state index is 13.1. The molecule has 3 rings (SSSR count). The van der Waals surface area contributed by atoms with E-state index in [1.165, 1.54) is 30.2 Å². The summed E-state index contributed by atoms with van der Waals surface area (Å²) >= 11 is 0. The first kappa shape index (κ1) is 18.6. The van der Waals surface area contributed by atoms with Crippen molar-refractivity contribution < 1.29 is 17.9 Å². The lowest BCUT2D eigenvalue weighted by Crippen LogP contribution is -2.48. The molecule has 0 bridgehead atoms. The predicted molar refractivity (Wildman–Crippen MR) is 97.8 cm³/mol. The molecule has 140 valence electrons. The zero-order valence-electron chi connectivity index (χ0n) is 15.0. The lowest BCUT2D eigenvalue weighted by molar-refractivity contribution is 0.181. The number of benzene rings is 1. The molecule has 0 spiro atoms. The van der Waals surface area contributed by atoms with Crippen LogP contribution in [0.5, 0.6) is 11.5 Å². The fourth-order valence-corrected chi connectivity index (χ4v) is 4.59. The quantitative estimate of drug-likeness (QED) is 0.762. The number of pyridine rings is 1. The third-order valence-electron chi connectivity index (χ3n) is 4.48. The van der Waals surface area contributed by atoms with E-state index >= 15 is 0 Å². The van der Waals surface area contributed by atoms with E-state index in [0.29, 0.717) is 37.7 Å². The average molecular weight is 377 g/mol. The summed E-state index contributed by atoms with van der Waals surface area (Å²) in [7, 11) is -0.666. The van der Waals surface area contributed by atoms with Crippen LogP contribution < -0.4 is 9.47 Å². The van der Waals surface area contributed by atoms with Crippen LogP contribution >= 0.6 is 0 Å². The molecule has 1 aromatic carbocycles. The van der Waals surface area contributed by atoms with Crippen molar-refractivity contribution >= 4 is 10.0 Å². The molecule has 1 aromatic heterocycles. The molecule has 1 aliphatic heterocycles. The molecular formula is C18H23N3O4S. The van der Waals surface area contributed by atoms with E-state index in [0.717, 1.165) is 6.54 Å². The minimum atomic E-state index is -3.64. The van der Waals surface area contributed by atoms with Gasteiger partial charge in [0.15, 0.2) is 0 Å². The topological polar surface area (TPSA) is 72.0 Å². The third kappa shape index (κ3) is 3.98. The molecule has 1 saturated heterocycles. The number of methoxy groups -OCH3 is 2. The van der Waals surface area contributed by atoms with Crippen molar-refractivity contribution in [1.29, 1.82) is 0 Å². The number of ether oxygens (including phenoxy) is 2. The number of piperazine rings is 1. The van der Waals surface area contributed by atoms with Gasteiger partial charge in [-0.05, 0) is 29.8 Å². The van der Waals surface area contributed by atoms with Gasteiger partial charge in [-0.2, -0.15) is 4.31 Å². The van der Waals surface area contributed by atoms with E-state index in [2.05, 4.69) is 9.88 Å². The molecule has 1 fully saturated rings. The Labute approximate surface area is 154 Å². The predicted octanol–water partition coefficient (Wildman–Crippen LogP) is 1.61. The summed E-state index contributed by atoms with van der Waals surface area (Å²) in [5.41, 5.74) is 1.17. The van der Waals surface area contributed by atoms with E-state index in [4.69, 9.17) is 9.47 Å². The fraction of sp³-hybridized carbons (Fsp3) is 0.389. The van der Waals surface area contributed by atoms with Gasteiger partial charge in [0.2, 0.25) is 10.0 Å². The first-order valence-electron chi connectivity index (χ1n) is 8.38. The van der Waals surface area contributed by atoms with Gasteiger partial charge < -0.3 is 9.47 Å². The minimum Gasteiger partial charge on any atom is -0.497 e. The van der Waals surface area contributed by atoms with Crippen molar-refractivity contribution in [2.45, 2.75) is 11.4 Å². The van der Waals surface area contributed by atoms with Crippen LogP contribution in [0.3, 0.4) is 0 Å². The molecule has 0 unspecified atom stereocenters. The van der Waals surface area contributed by atoms with E-state index < -0.39 is 10.0 Å². The van der Waals surface area contributed by atoms with Gasteiger partial charge in [0, 0.05) is 51.2 Å². The van der Waals surface area contributed by atoms with Crippen LogP contribution in [-0.4, -0.2) is 63.0 Å². The van der Waals surface area contributed by atoms with Crippen LogP contribution in [0.15, 0.2) is 47.6 Å². The Balaban J connectivity index is 1.72. The molecule has 7 nitrogen and oxygen atoms in total. The molecule has 0 N–H and O–H groups in total. The molecular weight excluding hydrogens is 354 g/mol. The van der Waals surface area contributed by atoms with Crippen molar-refractivity contribution in [2.75, 3.05) is 40.4 Å². The van der Waals surface area contributed by atoms with Gasteiger partial charge in [-0.1, -0.05) is 0 Å². The number of sulfonamides is 1. The number of hydrogen-bond donors (Lipinski definition) is 0. The van der Waals surface area contributed by atoms with Crippen LogP contribution in [0.4, 0.5) is 0 Å². The maximum Gasteiger partial charge on any atom is 0.246 e. The summed E-state index contributed by atoms with van der Waals surface area (Å²) in [6.07, 6.45) is 3.54. The molecule has 0 radical (unpaired) electrons. The normalized spacial score (nSPS) is 16.4. The second kappa shape index (κ2) is 8.03. The first-order valence-corrected chi connectivity index (χ1v) is 9.82. The summed E-state index contributed by atoms with van der Waals surface area (Å²) in [6, 6.07) is 8.77. The monoisotopic (exact) mass is 377 g/mol. The van der Waals surface area contributed by atoms with Crippen molar-refractivity contribution in [1.82, 2.24) is 14.2 Å².